The van der Waals surface area contributed by atoms with E-state index in [0.29, 0.717) is 5.41 Å². The van der Waals surface area contributed by atoms with E-state index < -0.39 is 0 Å². The number of hydrogen-bond donors (Lipinski definition) is 1. The lowest BCUT2D eigenvalue weighted by atomic mass is 9.80. The van der Waals surface area contributed by atoms with Crippen molar-refractivity contribution < 1.29 is 0 Å². The summed E-state index contributed by atoms with van der Waals surface area (Å²) < 4.78 is 0. The number of nitrogens with two attached hydrogens (primary N) is 1. The molecule has 0 aliphatic carbocycles. The van der Waals surface area contributed by atoms with Crippen LogP contribution in [0.25, 0.3) is 0 Å². The van der Waals surface area contributed by atoms with Crippen molar-refractivity contribution >= 4 is 11.4 Å². The molecule has 88 valence electrons. The molecule has 1 aromatic carbocycles. The standard InChI is InChI=1S/C14H22N2/c1-14(2,3)11-8-9-16(10-11)13-7-5-4-6-12(13)15/h4-7,11H,8-10,15H2,1-3H3. The third-order valence-corrected chi connectivity index (χ3v) is 3.69. The van der Waals surface area contributed by atoms with Gasteiger partial charge in [-0.15, -0.1) is 0 Å². The maximum Gasteiger partial charge on any atom is 0.0600 e. The fourth-order valence-corrected chi connectivity index (χ4v) is 2.46. The van der Waals surface area contributed by atoms with E-state index in [4.69, 9.17) is 5.73 Å². The molecule has 1 atom stereocenters. The fraction of sp³-hybridized carbons (Fsp3) is 0.571. The predicted octanol–water partition coefficient (Wildman–Crippen LogP) is 3.14. The van der Waals surface area contributed by atoms with Gasteiger partial charge < -0.3 is 10.6 Å². The lowest BCUT2D eigenvalue weighted by molar-refractivity contribution is 0.263. The van der Waals surface area contributed by atoms with E-state index in [0.717, 1.165) is 24.7 Å². The average Bonchev–Trinajstić information content (AvgIpc) is 2.66. The highest BCUT2D eigenvalue weighted by Gasteiger charge is 2.32. The van der Waals surface area contributed by atoms with Crippen LogP contribution in [-0.4, -0.2) is 13.1 Å². The highest BCUT2D eigenvalue weighted by atomic mass is 15.2. The molecule has 1 unspecified atom stereocenters. The maximum atomic E-state index is 6.01. The van der Waals surface area contributed by atoms with Crippen LogP contribution in [0.3, 0.4) is 0 Å². The van der Waals surface area contributed by atoms with Gasteiger partial charge in [-0.3, -0.25) is 0 Å². The highest BCUT2D eigenvalue weighted by molar-refractivity contribution is 5.67. The lowest BCUT2D eigenvalue weighted by Gasteiger charge is -2.27. The first-order valence-corrected chi connectivity index (χ1v) is 6.08. The second kappa shape index (κ2) is 4.00. The molecule has 2 nitrogen and oxygen atoms in total. The Balaban J connectivity index is 2.13. The van der Waals surface area contributed by atoms with Gasteiger partial charge in [-0.25, -0.2) is 0 Å². The van der Waals surface area contributed by atoms with Gasteiger partial charge in [0, 0.05) is 13.1 Å². The molecule has 1 heterocycles. The van der Waals surface area contributed by atoms with Crippen LogP contribution in [0.4, 0.5) is 11.4 Å². The van der Waals surface area contributed by atoms with Crippen molar-refractivity contribution in [2.24, 2.45) is 11.3 Å². The Bertz CT molecular complexity index is 365. The topological polar surface area (TPSA) is 29.3 Å². The number of nitrogen functional groups attached to an aromatic ring is 1. The molecule has 1 saturated heterocycles. The zero-order chi connectivity index (χ0) is 11.8. The summed E-state index contributed by atoms with van der Waals surface area (Å²) in [4.78, 5) is 2.42. The first-order valence-electron chi connectivity index (χ1n) is 6.08. The molecule has 1 fully saturated rings. The van der Waals surface area contributed by atoms with Gasteiger partial charge in [0.15, 0.2) is 0 Å². The van der Waals surface area contributed by atoms with E-state index in [1.807, 2.05) is 12.1 Å². The molecule has 0 radical (unpaired) electrons. The van der Waals surface area contributed by atoms with Crippen LogP contribution in [0.5, 0.6) is 0 Å². The lowest BCUT2D eigenvalue weighted by Crippen LogP contribution is -2.26. The minimum atomic E-state index is 0.401. The quantitative estimate of drug-likeness (QED) is 0.734. The average molecular weight is 218 g/mol. The van der Waals surface area contributed by atoms with Gasteiger partial charge in [-0.2, -0.15) is 0 Å². The Morgan fingerprint density at radius 3 is 2.50 bits per heavy atom. The Hall–Kier alpha value is -1.18. The van der Waals surface area contributed by atoms with Crippen LogP contribution < -0.4 is 10.6 Å². The number of benzene rings is 1. The SMILES string of the molecule is CC(C)(C)C1CCN(c2ccccc2N)C1. The third kappa shape index (κ3) is 2.16. The van der Waals surface area contributed by atoms with Crippen molar-refractivity contribution in [2.75, 3.05) is 23.7 Å². The Kier molecular flexibility index (Phi) is 2.83. The summed E-state index contributed by atoms with van der Waals surface area (Å²) in [6, 6.07) is 8.17. The van der Waals surface area contributed by atoms with Gasteiger partial charge in [0.2, 0.25) is 0 Å². The Morgan fingerprint density at radius 1 is 1.25 bits per heavy atom. The van der Waals surface area contributed by atoms with Gasteiger partial charge in [-0.1, -0.05) is 32.9 Å². The van der Waals surface area contributed by atoms with Gasteiger partial charge >= 0.3 is 0 Å². The number of hydrogen-bond acceptors (Lipinski definition) is 2. The largest absolute Gasteiger partial charge is 0.397 e. The molecular weight excluding hydrogens is 196 g/mol. The maximum absolute atomic E-state index is 6.01. The van der Waals surface area contributed by atoms with E-state index in [-0.39, 0.29) is 0 Å². The fourth-order valence-electron chi connectivity index (χ4n) is 2.46. The van der Waals surface area contributed by atoms with Gasteiger partial charge in [0.1, 0.15) is 0 Å². The summed E-state index contributed by atoms with van der Waals surface area (Å²) in [6.07, 6.45) is 1.28. The Morgan fingerprint density at radius 2 is 1.94 bits per heavy atom. The predicted molar refractivity (Wildman–Crippen MR) is 70.6 cm³/mol. The molecular formula is C14H22N2. The summed E-state index contributed by atoms with van der Waals surface area (Å²) in [5, 5.41) is 0. The van der Waals surface area contributed by atoms with E-state index in [1.165, 1.54) is 12.1 Å². The first kappa shape index (κ1) is 11.3. The van der Waals surface area contributed by atoms with Crippen LogP contribution in [0, 0.1) is 11.3 Å². The molecule has 16 heavy (non-hydrogen) atoms. The minimum absolute atomic E-state index is 0.401. The first-order chi connectivity index (χ1) is 7.48. The molecule has 2 heteroatoms. The molecule has 2 rings (SSSR count). The molecule has 2 N–H and O–H groups in total. The van der Waals surface area contributed by atoms with Crippen LogP contribution >= 0.6 is 0 Å². The van der Waals surface area contributed by atoms with Crippen LogP contribution in [-0.2, 0) is 0 Å². The summed E-state index contributed by atoms with van der Waals surface area (Å²) in [5.74, 6) is 0.770. The summed E-state index contributed by atoms with van der Waals surface area (Å²) in [6.45, 7) is 9.26. The van der Waals surface area contributed by atoms with E-state index in [1.54, 1.807) is 0 Å². The van der Waals surface area contributed by atoms with E-state index >= 15 is 0 Å². The molecule has 1 aliphatic rings. The normalized spacial score (nSPS) is 21.4. The number of nitrogens with zero attached hydrogens (tertiary/aromatic N) is 1. The van der Waals surface area contributed by atoms with Crippen LogP contribution in [0.2, 0.25) is 0 Å². The van der Waals surface area contributed by atoms with Crippen molar-refractivity contribution in [3.05, 3.63) is 24.3 Å². The molecule has 0 amide bonds. The molecule has 0 saturated carbocycles. The second-order valence-electron chi connectivity index (χ2n) is 5.86. The summed E-state index contributed by atoms with van der Waals surface area (Å²) in [5.41, 5.74) is 8.52. The summed E-state index contributed by atoms with van der Waals surface area (Å²) in [7, 11) is 0. The number of para-hydroxylation sites is 2. The van der Waals surface area contributed by atoms with Crippen molar-refractivity contribution in [2.45, 2.75) is 27.2 Å². The van der Waals surface area contributed by atoms with Gasteiger partial charge in [0.05, 0.1) is 11.4 Å². The third-order valence-electron chi connectivity index (χ3n) is 3.69. The molecule has 0 spiro atoms. The van der Waals surface area contributed by atoms with Crippen molar-refractivity contribution in [3.63, 3.8) is 0 Å². The van der Waals surface area contributed by atoms with Gasteiger partial charge in [0.25, 0.3) is 0 Å². The number of rotatable bonds is 1. The second-order valence-corrected chi connectivity index (χ2v) is 5.86. The monoisotopic (exact) mass is 218 g/mol. The van der Waals surface area contributed by atoms with E-state index in [9.17, 15) is 0 Å². The zero-order valence-corrected chi connectivity index (χ0v) is 10.5. The van der Waals surface area contributed by atoms with Crippen molar-refractivity contribution in [3.8, 4) is 0 Å². The molecule has 0 aromatic heterocycles. The smallest absolute Gasteiger partial charge is 0.0600 e. The van der Waals surface area contributed by atoms with Crippen molar-refractivity contribution in [1.82, 2.24) is 0 Å². The van der Waals surface area contributed by atoms with Crippen LogP contribution in [0.1, 0.15) is 27.2 Å². The summed E-state index contributed by atoms with van der Waals surface area (Å²) >= 11 is 0. The molecule has 0 bridgehead atoms. The van der Waals surface area contributed by atoms with Gasteiger partial charge in [-0.05, 0) is 29.9 Å². The Labute approximate surface area is 98.4 Å². The minimum Gasteiger partial charge on any atom is -0.397 e. The highest BCUT2D eigenvalue weighted by Crippen LogP contribution is 2.36. The molecule has 1 aliphatic heterocycles. The van der Waals surface area contributed by atoms with Crippen molar-refractivity contribution in [1.29, 1.82) is 0 Å². The molecule has 1 aromatic rings. The number of anilines is 2. The zero-order valence-electron chi connectivity index (χ0n) is 10.5. The van der Waals surface area contributed by atoms with Crippen LogP contribution in [0.15, 0.2) is 24.3 Å². The van der Waals surface area contributed by atoms with E-state index in [2.05, 4.69) is 37.8 Å².